The van der Waals surface area contributed by atoms with Crippen molar-refractivity contribution < 1.29 is 32.9 Å². The molecule has 0 fully saturated rings. The summed E-state index contributed by atoms with van der Waals surface area (Å²) in [6.45, 7) is 4.56. The van der Waals surface area contributed by atoms with Gasteiger partial charge in [0.25, 0.3) is 7.82 Å². The molecule has 3 unspecified atom stereocenters. The van der Waals surface area contributed by atoms with Crippen molar-refractivity contribution in [2.75, 3.05) is 40.9 Å². The molecule has 2 N–H and O–H groups in total. The minimum atomic E-state index is -4.60. The Kier molecular flexibility index (Phi) is 56.6. The van der Waals surface area contributed by atoms with Crippen LogP contribution in [0.2, 0.25) is 0 Å². The highest BCUT2D eigenvalue weighted by Gasteiger charge is 2.23. The highest BCUT2D eigenvalue weighted by molar-refractivity contribution is 7.45. The number of hydrogen-bond acceptors (Lipinski definition) is 6. The molecule has 3 atom stereocenters. The molecule has 0 saturated carbocycles. The third-order valence-corrected chi connectivity index (χ3v) is 15.3. The predicted molar refractivity (Wildman–Crippen MR) is 334 cm³/mol. The van der Waals surface area contributed by atoms with Crippen LogP contribution in [0.5, 0.6) is 0 Å². The van der Waals surface area contributed by atoms with Crippen molar-refractivity contribution in [3.8, 4) is 0 Å². The number of quaternary nitrogens is 1. The van der Waals surface area contributed by atoms with E-state index in [2.05, 4.69) is 92.1 Å². The first-order valence-electron chi connectivity index (χ1n) is 32.4. The maximum absolute atomic E-state index is 13.0. The molecule has 0 saturated heterocycles. The molecule has 0 heterocycles. The first kappa shape index (κ1) is 74.7. The molecule has 0 aromatic heterocycles. The van der Waals surface area contributed by atoms with Gasteiger partial charge in [-0.3, -0.25) is 9.36 Å². The Morgan fingerprint density at radius 2 is 0.792 bits per heavy atom. The number of nitrogens with one attached hydrogen (secondary N) is 1. The first-order valence-corrected chi connectivity index (χ1v) is 33.9. The quantitative estimate of drug-likeness (QED) is 0.0272. The molecule has 0 spiro atoms. The summed E-state index contributed by atoms with van der Waals surface area (Å²) in [6.07, 6.45) is 82.5. The summed E-state index contributed by atoms with van der Waals surface area (Å²) >= 11 is 0. The number of aliphatic hydroxyl groups excluding tert-OH is 1. The van der Waals surface area contributed by atoms with Crippen LogP contribution in [-0.2, 0) is 18.4 Å². The van der Waals surface area contributed by atoms with Crippen LogP contribution in [0.3, 0.4) is 0 Å². The molecule has 0 aromatic rings. The summed E-state index contributed by atoms with van der Waals surface area (Å²) < 4.78 is 23.4. The Morgan fingerprint density at radius 1 is 0.468 bits per heavy atom. The van der Waals surface area contributed by atoms with E-state index < -0.39 is 20.0 Å². The number of amides is 1. The Balaban J connectivity index is 4.08. The van der Waals surface area contributed by atoms with E-state index >= 15 is 0 Å². The van der Waals surface area contributed by atoms with E-state index in [1.54, 1.807) is 6.08 Å². The smallest absolute Gasteiger partial charge is 0.268 e. The van der Waals surface area contributed by atoms with Crippen molar-refractivity contribution in [1.29, 1.82) is 0 Å². The fourth-order valence-electron chi connectivity index (χ4n) is 9.34. The molecule has 9 heteroatoms. The summed E-state index contributed by atoms with van der Waals surface area (Å²) in [4.78, 5) is 25.6. The monoisotopic (exact) mass is 1100 g/mol. The molecule has 0 aromatic carbocycles. The molecule has 0 rings (SSSR count). The molecule has 0 radical (unpaired) electrons. The lowest BCUT2D eigenvalue weighted by molar-refractivity contribution is -0.870. The number of nitrogens with zero attached hydrogens (tertiary/aromatic N) is 1. The van der Waals surface area contributed by atoms with Gasteiger partial charge in [-0.25, -0.2) is 0 Å². The van der Waals surface area contributed by atoms with Crippen LogP contribution in [-0.4, -0.2) is 68.5 Å². The number of allylic oxidation sites excluding steroid dienone is 13. The number of carbonyl (C=O) groups excluding carboxylic acids is 1. The second-order valence-corrected chi connectivity index (χ2v) is 24.5. The molecule has 0 aliphatic carbocycles. The van der Waals surface area contributed by atoms with Crippen molar-refractivity contribution in [2.24, 2.45) is 0 Å². The number of unbranched alkanes of at least 4 members (excludes halogenated alkanes) is 34. The van der Waals surface area contributed by atoms with Crippen molar-refractivity contribution in [3.63, 3.8) is 0 Å². The van der Waals surface area contributed by atoms with Gasteiger partial charge in [0, 0.05) is 6.42 Å². The van der Waals surface area contributed by atoms with E-state index in [4.69, 9.17) is 9.05 Å². The van der Waals surface area contributed by atoms with Crippen LogP contribution in [0.1, 0.15) is 290 Å². The second-order valence-electron chi connectivity index (χ2n) is 23.1. The zero-order valence-corrected chi connectivity index (χ0v) is 52.0. The highest BCUT2D eigenvalue weighted by atomic mass is 31.2. The number of carbonyl (C=O) groups is 1. The summed E-state index contributed by atoms with van der Waals surface area (Å²) in [5.41, 5.74) is 0. The lowest BCUT2D eigenvalue weighted by atomic mass is 10.0. The van der Waals surface area contributed by atoms with Crippen LogP contribution >= 0.6 is 7.82 Å². The number of rotatable bonds is 59. The number of hydrogen-bond donors (Lipinski definition) is 2. The Labute approximate surface area is 477 Å². The summed E-state index contributed by atoms with van der Waals surface area (Å²) in [5.74, 6) is -0.196. The maximum atomic E-state index is 13.0. The van der Waals surface area contributed by atoms with Gasteiger partial charge in [-0.15, -0.1) is 0 Å². The van der Waals surface area contributed by atoms with E-state index in [0.717, 1.165) is 77.0 Å². The summed E-state index contributed by atoms with van der Waals surface area (Å²) in [6, 6.07) is -0.890. The molecule has 0 aliphatic heterocycles. The topological polar surface area (TPSA) is 108 Å². The van der Waals surface area contributed by atoms with E-state index in [0.29, 0.717) is 17.4 Å². The van der Waals surface area contributed by atoms with Crippen molar-refractivity contribution in [3.05, 3.63) is 85.1 Å². The van der Waals surface area contributed by atoms with E-state index in [9.17, 15) is 19.4 Å². The molecular weight excluding hydrogens is 972 g/mol. The number of phosphoric ester groups is 1. The standard InChI is InChI=1S/C68H125N2O6P/c1-6-8-10-12-14-16-18-20-22-24-26-28-29-30-31-32-33-34-35-36-37-38-39-40-41-42-44-46-48-50-52-54-56-58-60-62-68(72)69-66(65-76-77(73,74)75-64-63-70(3,4)5)67(71)61-59-57-55-53-51-49-47-45-43-27-25-23-21-19-17-15-13-11-9-7-2/h8,10,14,16,20,22,26,28,30-31,33-34,59,61,66-67,71H,6-7,9,11-13,15,17-19,21,23-25,27,29,32,35-58,60,62-65H2,1-5H3,(H-,69,72,73,74)/b10-8-,16-14-,22-20-,28-26-,31-30-,34-33-,61-59+. The predicted octanol–water partition coefficient (Wildman–Crippen LogP) is 19.7. The summed E-state index contributed by atoms with van der Waals surface area (Å²) in [5, 5.41) is 13.9. The first-order chi connectivity index (χ1) is 37.5. The SMILES string of the molecule is CC/C=C\C/C=C\C/C=C\C/C=C\C/C=C\C/C=C\CCCCCCCCCCCCCCCCCCC(=O)NC(COP(=O)([O-])OCC[N+](C)(C)C)C(O)/C=C/CCCCCCCCCCCCCCCCCCCC. The minimum Gasteiger partial charge on any atom is -0.756 e. The van der Waals surface area contributed by atoms with Gasteiger partial charge < -0.3 is 28.8 Å². The van der Waals surface area contributed by atoms with Gasteiger partial charge in [-0.1, -0.05) is 298 Å². The third-order valence-electron chi connectivity index (χ3n) is 14.4. The molecule has 448 valence electrons. The largest absolute Gasteiger partial charge is 0.756 e. The van der Waals surface area contributed by atoms with Crippen LogP contribution < -0.4 is 10.2 Å². The van der Waals surface area contributed by atoms with E-state index in [-0.39, 0.29) is 19.1 Å². The third kappa shape index (κ3) is 61.2. The number of aliphatic hydroxyl groups is 1. The molecule has 77 heavy (non-hydrogen) atoms. The average molecular weight is 1100 g/mol. The van der Waals surface area contributed by atoms with Crippen molar-refractivity contribution in [2.45, 2.75) is 302 Å². The molecule has 1 amide bonds. The van der Waals surface area contributed by atoms with Crippen molar-refractivity contribution in [1.82, 2.24) is 5.32 Å². The fourth-order valence-corrected chi connectivity index (χ4v) is 10.1. The maximum Gasteiger partial charge on any atom is 0.268 e. The Bertz CT molecular complexity index is 1530. The zero-order chi connectivity index (χ0) is 56.3. The number of likely N-dealkylation sites (N-methyl/N-ethyl adjacent to an activating group) is 1. The average Bonchev–Trinajstić information content (AvgIpc) is 3.39. The van der Waals surface area contributed by atoms with Gasteiger partial charge in [-0.2, -0.15) is 0 Å². The van der Waals surface area contributed by atoms with E-state index in [1.807, 2.05) is 27.2 Å². The molecule has 0 aliphatic rings. The van der Waals surface area contributed by atoms with Gasteiger partial charge in [-0.05, 0) is 70.6 Å². The molecule has 0 bridgehead atoms. The lowest BCUT2D eigenvalue weighted by Crippen LogP contribution is -2.45. The van der Waals surface area contributed by atoms with Gasteiger partial charge in [0.15, 0.2) is 0 Å². The molecular formula is C68H125N2O6P. The van der Waals surface area contributed by atoms with Gasteiger partial charge in [0.1, 0.15) is 13.2 Å². The zero-order valence-electron chi connectivity index (χ0n) is 51.1. The Hall–Kier alpha value is -2.32. The Morgan fingerprint density at radius 3 is 1.16 bits per heavy atom. The van der Waals surface area contributed by atoms with Gasteiger partial charge in [0.2, 0.25) is 5.91 Å². The van der Waals surface area contributed by atoms with Crippen LogP contribution in [0.4, 0.5) is 0 Å². The highest BCUT2D eigenvalue weighted by Crippen LogP contribution is 2.38. The van der Waals surface area contributed by atoms with Gasteiger partial charge in [0.05, 0.1) is 39.9 Å². The minimum absolute atomic E-state index is 0.00235. The lowest BCUT2D eigenvalue weighted by Gasteiger charge is -2.29. The van der Waals surface area contributed by atoms with Crippen LogP contribution in [0.25, 0.3) is 0 Å². The molecule has 8 nitrogen and oxygen atoms in total. The van der Waals surface area contributed by atoms with Crippen molar-refractivity contribution >= 4 is 13.7 Å². The second kappa shape index (κ2) is 58.3. The fraction of sp³-hybridized carbons (Fsp3) is 0.779. The van der Waals surface area contributed by atoms with Gasteiger partial charge >= 0.3 is 0 Å². The number of phosphoric acid groups is 1. The normalized spacial score (nSPS) is 14.3. The van der Waals surface area contributed by atoms with Crippen LogP contribution in [0.15, 0.2) is 85.1 Å². The van der Waals surface area contributed by atoms with E-state index in [1.165, 1.54) is 193 Å². The van der Waals surface area contributed by atoms with Crippen LogP contribution in [0, 0.1) is 0 Å². The summed E-state index contributed by atoms with van der Waals surface area (Å²) in [7, 11) is 1.26.